The number of aromatic nitrogens is 3. The van der Waals surface area contributed by atoms with E-state index in [9.17, 15) is 0 Å². The van der Waals surface area contributed by atoms with Crippen LogP contribution >= 0.6 is 11.3 Å². The van der Waals surface area contributed by atoms with Gasteiger partial charge in [0.05, 0.1) is 6.04 Å². The molecule has 1 unspecified atom stereocenters. The molecule has 124 valence electrons. The van der Waals surface area contributed by atoms with Gasteiger partial charge in [0.2, 0.25) is 0 Å². The highest BCUT2D eigenvalue weighted by atomic mass is 32.1. The molecular formula is C16H23N5OS. The molecule has 0 aliphatic carbocycles. The standard InChI is InChI=1S/C16H23N5OS/c1-12-10-15(19-14(18-12)11-22-3)21-7-5-20(6-8-21)13(2)16-17-4-9-23-16/h4,9-10,13H,5-8,11H2,1-3H3. The summed E-state index contributed by atoms with van der Waals surface area (Å²) in [5.74, 6) is 1.76. The highest BCUT2D eigenvalue weighted by Gasteiger charge is 2.24. The molecule has 1 aliphatic heterocycles. The largest absolute Gasteiger partial charge is 0.377 e. The minimum absolute atomic E-state index is 0.383. The van der Waals surface area contributed by atoms with Crippen LogP contribution in [0.4, 0.5) is 5.82 Å². The van der Waals surface area contributed by atoms with E-state index in [1.165, 1.54) is 5.01 Å². The number of anilines is 1. The molecule has 6 nitrogen and oxygen atoms in total. The summed E-state index contributed by atoms with van der Waals surface area (Å²) in [6.45, 7) is 8.67. The van der Waals surface area contributed by atoms with E-state index in [1.54, 1.807) is 18.4 Å². The Morgan fingerprint density at radius 3 is 2.70 bits per heavy atom. The molecule has 0 bridgehead atoms. The van der Waals surface area contributed by atoms with Crippen molar-refractivity contribution >= 4 is 17.2 Å². The molecular weight excluding hydrogens is 310 g/mol. The van der Waals surface area contributed by atoms with E-state index in [-0.39, 0.29) is 0 Å². The topological polar surface area (TPSA) is 54.4 Å². The van der Waals surface area contributed by atoms with Gasteiger partial charge in [-0.2, -0.15) is 0 Å². The quantitative estimate of drug-likeness (QED) is 0.837. The number of hydrogen-bond donors (Lipinski definition) is 0. The van der Waals surface area contributed by atoms with E-state index < -0.39 is 0 Å². The normalized spacial score (nSPS) is 17.4. The monoisotopic (exact) mass is 333 g/mol. The van der Waals surface area contributed by atoms with Crippen LogP contribution in [0.15, 0.2) is 17.6 Å². The van der Waals surface area contributed by atoms with Gasteiger partial charge in [-0.3, -0.25) is 4.90 Å². The lowest BCUT2D eigenvalue weighted by atomic mass is 10.2. The van der Waals surface area contributed by atoms with Crippen molar-refractivity contribution in [3.63, 3.8) is 0 Å². The Morgan fingerprint density at radius 1 is 1.26 bits per heavy atom. The lowest BCUT2D eigenvalue weighted by Crippen LogP contribution is -2.47. The first-order valence-corrected chi connectivity index (χ1v) is 8.77. The van der Waals surface area contributed by atoms with Crippen LogP contribution in [0.5, 0.6) is 0 Å². The fraction of sp³-hybridized carbons (Fsp3) is 0.562. The van der Waals surface area contributed by atoms with Gasteiger partial charge in [0, 0.05) is 56.6 Å². The van der Waals surface area contributed by atoms with E-state index >= 15 is 0 Å². The highest BCUT2D eigenvalue weighted by Crippen LogP contribution is 2.24. The van der Waals surface area contributed by atoms with Crippen molar-refractivity contribution in [2.75, 3.05) is 38.2 Å². The number of piperazine rings is 1. The summed E-state index contributed by atoms with van der Waals surface area (Å²) in [7, 11) is 1.67. The molecule has 0 spiro atoms. The summed E-state index contributed by atoms with van der Waals surface area (Å²) in [4.78, 5) is 18.3. The molecule has 23 heavy (non-hydrogen) atoms. The highest BCUT2D eigenvalue weighted by molar-refractivity contribution is 7.09. The molecule has 0 N–H and O–H groups in total. The molecule has 1 atom stereocenters. The molecule has 0 aromatic carbocycles. The smallest absolute Gasteiger partial charge is 0.156 e. The van der Waals surface area contributed by atoms with Crippen LogP contribution in [-0.4, -0.2) is 53.1 Å². The Hall–Kier alpha value is -1.57. The molecule has 1 fully saturated rings. The van der Waals surface area contributed by atoms with E-state index in [0.29, 0.717) is 12.6 Å². The SMILES string of the molecule is COCc1nc(C)cc(N2CCN(C(C)c3nccs3)CC2)n1. The Kier molecular flexibility index (Phi) is 5.20. The number of thiazole rings is 1. The van der Waals surface area contributed by atoms with Gasteiger partial charge in [-0.25, -0.2) is 15.0 Å². The van der Waals surface area contributed by atoms with Gasteiger partial charge in [0.25, 0.3) is 0 Å². The maximum atomic E-state index is 5.16. The number of rotatable bonds is 5. The third kappa shape index (κ3) is 3.85. The molecule has 0 amide bonds. The van der Waals surface area contributed by atoms with E-state index in [4.69, 9.17) is 4.74 Å². The first kappa shape index (κ1) is 16.3. The van der Waals surface area contributed by atoms with Crippen molar-refractivity contribution in [1.29, 1.82) is 0 Å². The van der Waals surface area contributed by atoms with Crippen molar-refractivity contribution in [3.8, 4) is 0 Å². The maximum absolute atomic E-state index is 5.16. The summed E-state index contributed by atoms with van der Waals surface area (Å²) < 4.78 is 5.16. The van der Waals surface area contributed by atoms with Gasteiger partial charge in [0.15, 0.2) is 5.82 Å². The lowest BCUT2D eigenvalue weighted by Gasteiger charge is -2.38. The van der Waals surface area contributed by atoms with Crippen LogP contribution in [0.2, 0.25) is 0 Å². The summed E-state index contributed by atoms with van der Waals surface area (Å²) in [5.41, 5.74) is 0.987. The predicted molar refractivity (Wildman–Crippen MR) is 91.8 cm³/mol. The fourth-order valence-electron chi connectivity index (χ4n) is 2.90. The molecule has 0 saturated carbocycles. The number of aryl methyl sites for hydroxylation is 1. The van der Waals surface area contributed by atoms with Gasteiger partial charge in [-0.1, -0.05) is 0 Å². The number of hydrogen-bond acceptors (Lipinski definition) is 7. The Bertz CT molecular complexity index is 625. The molecule has 2 aromatic rings. The summed E-state index contributed by atoms with van der Waals surface area (Å²) in [5, 5.41) is 3.24. The zero-order valence-electron chi connectivity index (χ0n) is 13.9. The van der Waals surface area contributed by atoms with Gasteiger partial charge in [-0.05, 0) is 13.8 Å². The third-order valence-corrected chi connectivity index (χ3v) is 5.10. The van der Waals surface area contributed by atoms with Crippen LogP contribution in [0.25, 0.3) is 0 Å². The van der Waals surface area contributed by atoms with Gasteiger partial charge >= 0.3 is 0 Å². The van der Waals surface area contributed by atoms with Crippen LogP contribution in [0, 0.1) is 6.92 Å². The second kappa shape index (κ2) is 7.33. The minimum Gasteiger partial charge on any atom is -0.377 e. The fourth-order valence-corrected chi connectivity index (χ4v) is 3.63. The second-order valence-electron chi connectivity index (χ2n) is 5.79. The van der Waals surface area contributed by atoms with Crippen molar-refractivity contribution in [1.82, 2.24) is 19.9 Å². The van der Waals surface area contributed by atoms with Crippen molar-refractivity contribution in [2.45, 2.75) is 26.5 Å². The molecule has 1 saturated heterocycles. The van der Waals surface area contributed by atoms with Gasteiger partial charge < -0.3 is 9.64 Å². The molecule has 3 heterocycles. The minimum atomic E-state index is 0.383. The van der Waals surface area contributed by atoms with Crippen molar-refractivity contribution in [3.05, 3.63) is 34.2 Å². The Morgan fingerprint density at radius 2 is 2.04 bits per heavy atom. The van der Waals surface area contributed by atoms with Crippen LogP contribution < -0.4 is 4.90 Å². The summed E-state index contributed by atoms with van der Waals surface area (Å²) in [6, 6.07) is 2.44. The first-order valence-electron chi connectivity index (χ1n) is 7.89. The van der Waals surface area contributed by atoms with E-state index in [0.717, 1.165) is 43.5 Å². The van der Waals surface area contributed by atoms with Crippen molar-refractivity contribution < 1.29 is 4.74 Å². The predicted octanol–water partition coefficient (Wildman–Crippen LogP) is 2.27. The number of methoxy groups -OCH3 is 1. The summed E-state index contributed by atoms with van der Waals surface area (Å²) in [6.07, 6.45) is 1.88. The second-order valence-corrected chi connectivity index (χ2v) is 6.71. The maximum Gasteiger partial charge on any atom is 0.156 e. The zero-order valence-corrected chi connectivity index (χ0v) is 14.7. The average molecular weight is 333 g/mol. The van der Waals surface area contributed by atoms with E-state index in [1.807, 2.05) is 18.5 Å². The van der Waals surface area contributed by atoms with Gasteiger partial charge in [-0.15, -0.1) is 11.3 Å². The van der Waals surface area contributed by atoms with Crippen LogP contribution in [0.1, 0.15) is 29.5 Å². The van der Waals surface area contributed by atoms with Crippen LogP contribution in [0.3, 0.4) is 0 Å². The molecule has 2 aromatic heterocycles. The van der Waals surface area contributed by atoms with Crippen molar-refractivity contribution in [2.24, 2.45) is 0 Å². The first-order chi connectivity index (χ1) is 11.2. The zero-order chi connectivity index (χ0) is 16.2. The molecule has 0 radical (unpaired) electrons. The van der Waals surface area contributed by atoms with Crippen LogP contribution in [-0.2, 0) is 11.3 Å². The number of ether oxygens (including phenoxy) is 1. The Labute approximate surface area is 141 Å². The molecule has 3 rings (SSSR count). The molecule has 1 aliphatic rings. The van der Waals surface area contributed by atoms with E-state index in [2.05, 4.69) is 37.7 Å². The van der Waals surface area contributed by atoms with Gasteiger partial charge in [0.1, 0.15) is 17.4 Å². The lowest BCUT2D eigenvalue weighted by molar-refractivity contribution is 0.177. The molecule has 7 heteroatoms. The number of nitrogens with zero attached hydrogens (tertiary/aromatic N) is 5. The third-order valence-electron chi connectivity index (χ3n) is 4.16. The Balaban J connectivity index is 1.65. The summed E-state index contributed by atoms with van der Waals surface area (Å²) >= 11 is 1.73. The average Bonchev–Trinajstić information content (AvgIpc) is 3.08.